The Labute approximate surface area is 108 Å². The molecular formula is C8H7Br2O5P. The molecule has 0 spiro atoms. The van der Waals surface area contributed by atoms with Crippen LogP contribution in [0.25, 0.3) is 0 Å². The van der Waals surface area contributed by atoms with Gasteiger partial charge in [-0.1, -0.05) is 0 Å². The van der Waals surface area contributed by atoms with Crippen LogP contribution in [0.15, 0.2) is 21.1 Å². The highest BCUT2D eigenvalue weighted by Gasteiger charge is 2.21. The number of benzene rings is 1. The molecule has 5 nitrogen and oxygen atoms in total. The first-order chi connectivity index (χ1) is 7.20. The lowest BCUT2D eigenvalue weighted by atomic mass is 10.1. The number of hydrogen-bond donors (Lipinski definition) is 2. The van der Waals surface area contributed by atoms with Crippen LogP contribution in [-0.2, 0) is 4.57 Å². The molecule has 16 heavy (non-hydrogen) atoms. The first-order valence-electron chi connectivity index (χ1n) is 3.96. The van der Waals surface area contributed by atoms with E-state index in [1.54, 1.807) is 0 Å². The van der Waals surface area contributed by atoms with E-state index in [2.05, 4.69) is 36.4 Å². The molecule has 8 heteroatoms. The molecule has 0 saturated heterocycles. The van der Waals surface area contributed by atoms with E-state index in [-0.39, 0.29) is 20.5 Å². The Morgan fingerprint density at radius 2 is 1.75 bits per heavy atom. The third-order valence-corrected chi connectivity index (χ3v) is 3.21. The minimum Gasteiger partial charge on any atom is -0.402 e. The molecule has 0 aliphatic carbocycles. The molecule has 0 bridgehead atoms. The maximum atomic E-state index is 11.1. The molecule has 1 rings (SSSR count). The first kappa shape index (κ1) is 13.9. The Morgan fingerprint density at radius 1 is 1.31 bits per heavy atom. The first-order valence-corrected chi connectivity index (χ1v) is 7.07. The van der Waals surface area contributed by atoms with Gasteiger partial charge in [-0.2, -0.15) is 0 Å². The summed E-state index contributed by atoms with van der Waals surface area (Å²) < 4.78 is 15.7. The zero-order valence-electron chi connectivity index (χ0n) is 7.98. The number of phosphoric ester groups is 1. The average molecular weight is 374 g/mol. The minimum atomic E-state index is -4.63. The Morgan fingerprint density at radius 3 is 2.06 bits per heavy atom. The summed E-state index contributed by atoms with van der Waals surface area (Å²) >= 11 is 6.14. The van der Waals surface area contributed by atoms with E-state index in [0.717, 1.165) is 0 Å². The Balaban J connectivity index is 3.23. The van der Waals surface area contributed by atoms with Gasteiger partial charge in [0.2, 0.25) is 0 Å². The summed E-state index contributed by atoms with van der Waals surface area (Å²) in [5.41, 5.74) is 0.400. The van der Waals surface area contributed by atoms with Crippen LogP contribution < -0.4 is 4.52 Å². The maximum absolute atomic E-state index is 11.1. The van der Waals surface area contributed by atoms with Crippen molar-refractivity contribution in [1.29, 1.82) is 0 Å². The van der Waals surface area contributed by atoms with E-state index in [1.165, 1.54) is 19.1 Å². The lowest BCUT2D eigenvalue weighted by Crippen LogP contribution is -1.96. The minimum absolute atomic E-state index is 0.0432. The number of phosphoric acid groups is 1. The Hall–Kier alpha value is -0.200. The van der Waals surface area contributed by atoms with Crippen molar-refractivity contribution in [2.75, 3.05) is 0 Å². The molecule has 2 N–H and O–H groups in total. The highest BCUT2D eigenvalue weighted by Crippen LogP contribution is 2.45. The number of ketones is 1. The third-order valence-electron chi connectivity index (χ3n) is 1.62. The van der Waals surface area contributed by atoms with Crippen molar-refractivity contribution in [3.05, 3.63) is 26.6 Å². The van der Waals surface area contributed by atoms with Gasteiger partial charge < -0.3 is 4.52 Å². The fourth-order valence-electron chi connectivity index (χ4n) is 0.969. The van der Waals surface area contributed by atoms with Crippen LogP contribution in [-0.4, -0.2) is 15.6 Å². The molecule has 0 saturated carbocycles. The second kappa shape index (κ2) is 4.98. The number of carbonyl (C=O) groups excluding carboxylic acids is 1. The fraction of sp³-hybridized carbons (Fsp3) is 0.125. The molecule has 0 unspecified atom stereocenters. The fourth-order valence-corrected chi connectivity index (χ4v) is 3.00. The summed E-state index contributed by atoms with van der Waals surface area (Å²) in [6, 6.07) is 2.86. The van der Waals surface area contributed by atoms with Gasteiger partial charge in [-0.15, -0.1) is 0 Å². The van der Waals surface area contributed by atoms with Crippen LogP contribution in [0.5, 0.6) is 5.75 Å². The normalized spacial score (nSPS) is 11.3. The highest BCUT2D eigenvalue weighted by atomic mass is 79.9. The van der Waals surface area contributed by atoms with Gasteiger partial charge in [-0.25, -0.2) is 4.57 Å². The van der Waals surface area contributed by atoms with E-state index in [0.29, 0.717) is 5.56 Å². The molecule has 1 aromatic carbocycles. The topological polar surface area (TPSA) is 83.8 Å². The summed E-state index contributed by atoms with van der Waals surface area (Å²) in [6.45, 7) is 1.39. The summed E-state index contributed by atoms with van der Waals surface area (Å²) in [5, 5.41) is 0. The maximum Gasteiger partial charge on any atom is 0.524 e. The van der Waals surface area contributed by atoms with Crippen molar-refractivity contribution in [3.63, 3.8) is 0 Å². The molecule has 0 aromatic heterocycles. The van der Waals surface area contributed by atoms with E-state index in [1.807, 2.05) is 0 Å². The summed E-state index contributed by atoms with van der Waals surface area (Å²) in [6.07, 6.45) is 0. The van der Waals surface area contributed by atoms with Crippen molar-refractivity contribution < 1.29 is 23.7 Å². The summed E-state index contributed by atoms with van der Waals surface area (Å²) in [4.78, 5) is 28.5. The van der Waals surface area contributed by atoms with Gasteiger partial charge in [-0.3, -0.25) is 14.6 Å². The van der Waals surface area contributed by atoms with Gasteiger partial charge in [-0.05, 0) is 50.9 Å². The van der Waals surface area contributed by atoms with Crippen LogP contribution in [0.2, 0.25) is 0 Å². The lowest BCUT2D eigenvalue weighted by Gasteiger charge is -2.11. The van der Waals surface area contributed by atoms with Gasteiger partial charge in [0.15, 0.2) is 11.5 Å². The molecule has 0 aliphatic rings. The van der Waals surface area contributed by atoms with E-state index in [9.17, 15) is 9.36 Å². The van der Waals surface area contributed by atoms with Crippen LogP contribution in [0.3, 0.4) is 0 Å². The second-order valence-corrected chi connectivity index (χ2v) is 5.78. The van der Waals surface area contributed by atoms with Crippen molar-refractivity contribution >= 4 is 45.5 Å². The van der Waals surface area contributed by atoms with Crippen LogP contribution >= 0.6 is 39.7 Å². The average Bonchev–Trinajstić information content (AvgIpc) is 2.09. The predicted molar refractivity (Wildman–Crippen MR) is 64.5 cm³/mol. The standard InChI is InChI=1S/C8H7Br2O5P/c1-4(11)5-2-6(9)8(7(10)3-5)15-16(12,13)14/h2-3H,1H3,(H2,12,13,14). The quantitative estimate of drug-likeness (QED) is 0.628. The zero-order valence-corrected chi connectivity index (χ0v) is 12.0. The van der Waals surface area contributed by atoms with Crippen molar-refractivity contribution in [1.82, 2.24) is 0 Å². The monoisotopic (exact) mass is 372 g/mol. The number of hydrogen-bond acceptors (Lipinski definition) is 3. The largest absolute Gasteiger partial charge is 0.524 e. The molecule has 0 radical (unpaired) electrons. The van der Waals surface area contributed by atoms with Crippen LogP contribution in [0, 0.1) is 0 Å². The van der Waals surface area contributed by atoms with Gasteiger partial charge in [0.05, 0.1) is 8.95 Å². The smallest absolute Gasteiger partial charge is 0.402 e. The van der Waals surface area contributed by atoms with Crippen molar-refractivity contribution in [3.8, 4) is 5.75 Å². The van der Waals surface area contributed by atoms with Gasteiger partial charge in [0, 0.05) is 5.56 Å². The molecule has 0 atom stereocenters. The van der Waals surface area contributed by atoms with Crippen molar-refractivity contribution in [2.45, 2.75) is 6.92 Å². The van der Waals surface area contributed by atoms with E-state index >= 15 is 0 Å². The van der Waals surface area contributed by atoms with Gasteiger partial charge >= 0.3 is 7.82 Å². The van der Waals surface area contributed by atoms with Crippen LogP contribution in [0.4, 0.5) is 0 Å². The molecule has 0 amide bonds. The predicted octanol–water partition coefficient (Wildman–Crippen LogP) is 2.89. The molecule has 88 valence electrons. The van der Waals surface area contributed by atoms with E-state index < -0.39 is 7.82 Å². The molecule has 0 fully saturated rings. The summed E-state index contributed by atoms with van der Waals surface area (Å²) in [5.74, 6) is -0.206. The Bertz CT molecular complexity index is 458. The number of carbonyl (C=O) groups is 1. The van der Waals surface area contributed by atoms with Crippen molar-refractivity contribution in [2.24, 2.45) is 0 Å². The SMILES string of the molecule is CC(=O)c1cc(Br)c(OP(=O)(O)O)c(Br)c1. The second-order valence-electron chi connectivity index (χ2n) is 2.91. The number of halogens is 2. The zero-order chi connectivity index (χ0) is 12.5. The molecule has 1 aromatic rings. The lowest BCUT2D eigenvalue weighted by molar-refractivity contribution is 0.101. The molecule has 0 aliphatic heterocycles. The van der Waals surface area contributed by atoms with Gasteiger partial charge in [0.1, 0.15) is 0 Å². The van der Waals surface area contributed by atoms with Gasteiger partial charge in [0.25, 0.3) is 0 Å². The number of Topliss-reactive ketones (excluding diaryl/α,β-unsaturated/α-hetero) is 1. The Kier molecular flexibility index (Phi) is 4.31. The van der Waals surface area contributed by atoms with E-state index in [4.69, 9.17) is 9.79 Å². The molecule has 0 heterocycles. The third kappa shape index (κ3) is 3.68. The highest BCUT2D eigenvalue weighted by molar-refractivity contribution is 9.11. The summed E-state index contributed by atoms with van der Waals surface area (Å²) in [7, 11) is -4.63. The van der Waals surface area contributed by atoms with Crippen LogP contribution in [0.1, 0.15) is 17.3 Å². The number of rotatable bonds is 3. The molecular weight excluding hydrogens is 367 g/mol.